The first-order chi connectivity index (χ1) is 19.6. The summed E-state index contributed by atoms with van der Waals surface area (Å²) in [5.74, 6) is -0.446. The predicted molar refractivity (Wildman–Crippen MR) is 155 cm³/mol. The van der Waals surface area contributed by atoms with Gasteiger partial charge in [-0.2, -0.15) is 4.31 Å². The number of carbonyl (C=O) groups excluding carboxylic acids is 1. The molecule has 0 radical (unpaired) electrons. The lowest BCUT2D eigenvalue weighted by molar-refractivity contribution is -0.110. The molecule has 1 aromatic heterocycles. The summed E-state index contributed by atoms with van der Waals surface area (Å²) in [4.78, 5) is 26.6. The van der Waals surface area contributed by atoms with Gasteiger partial charge in [0.2, 0.25) is 10.0 Å². The maximum atomic E-state index is 13.3. The van der Waals surface area contributed by atoms with Crippen molar-refractivity contribution in [2.75, 3.05) is 43.9 Å². The Balaban J connectivity index is 1.26. The van der Waals surface area contributed by atoms with E-state index in [1.54, 1.807) is 29.6 Å². The molecular weight excluding hydrogens is 591 g/mol. The summed E-state index contributed by atoms with van der Waals surface area (Å²) < 4.78 is 56.7. The number of anilines is 1. The van der Waals surface area contributed by atoms with Crippen molar-refractivity contribution in [3.05, 3.63) is 40.9 Å². The van der Waals surface area contributed by atoms with Crippen molar-refractivity contribution in [2.45, 2.75) is 61.9 Å². The average Bonchev–Trinajstić information content (AvgIpc) is 3.53. The van der Waals surface area contributed by atoms with E-state index in [2.05, 4.69) is 20.4 Å². The normalized spacial score (nSPS) is 23.0. The van der Waals surface area contributed by atoms with Crippen LogP contribution in [-0.2, 0) is 40.8 Å². The van der Waals surface area contributed by atoms with Crippen LogP contribution in [0.15, 0.2) is 40.5 Å². The van der Waals surface area contributed by atoms with Crippen molar-refractivity contribution >= 4 is 47.9 Å². The van der Waals surface area contributed by atoms with Gasteiger partial charge in [-0.15, -0.1) is 11.3 Å². The van der Waals surface area contributed by atoms with E-state index in [4.69, 9.17) is 9.57 Å². The van der Waals surface area contributed by atoms with Gasteiger partial charge in [0.05, 0.1) is 29.1 Å². The Bertz CT molecular complexity index is 1480. The molecule has 1 amide bonds. The number of hydrogen-bond acceptors (Lipinski definition) is 11. The number of sulfonamides is 1. The molecule has 1 aliphatic carbocycles. The molecular formula is C26H35N5O7S3. The number of carbonyl (C=O) groups is 1. The van der Waals surface area contributed by atoms with Crippen LogP contribution in [-0.4, -0.2) is 98.6 Å². The van der Waals surface area contributed by atoms with Gasteiger partial charge in [0, 0.05) is 55.3 Å². The van der Waals surface area contributed by atoms with Crippen molar-refractivity contribution in [3.8, 4) is 0 Å². The first kappa shape index (κ1) is 30.0. The summed E-state index contributed by atoms with van der Waals surface area (Å²) in [6, 6.07) is 6.00. The number of thiazole rings is 1. The highest BCUT2D eigenvalue weighted by Gasteiger charge is 2.37. The van der Waals surface area contributed by atoms with E-state index in [9.17, 15) is 21.6 Å². The molecule has 0 spiro atoms. The number of sulfone groups is 1. The molecule has 2 saturated heterocycles. The van der Waals surface area contributed by atoms with Gasteiger partial charge in [-0.3, -0.25) is 15.0 Å². The maximum Gasteiger partial charge on any atom is 0.280 e. The van der Waals surface area contributed by atoms with Gasteiger partial charge in [0.25, 0.3) is 5.91 Å². The fourth-order valence-electron chi connectivity index (χ4n) is 4.88. The third-order valence-electron chi connectivity index (χ3n) is 7.34. The molecule has 0 bridgehead atoms. The van der Waals surface area contributed by atoms with E-state index in [1.165, 1.54) is 23.5 Å². The standard InChI is InChI=1S/C26H35N5O7S3/c1-3-40(33,34)31-12-11-30(15-18(31)2)16-21-14-27-26(39-21)28-25(32)24(29-38-20-10-13-37-17-20)19-4-6-22(7-5-19)41(35,36)23-8-9-23/h4-7,14,18,20,23H,3,8-13,15-17H2,1-2H3,(H,27,28,32)/t18-,20+/m0/s1. The minimum Gasteiger partial charge on any atom is -0.389 e. The van der Waals surface area contributed by atoms with Crippen LogP contribution in [0, 0.1) is 0 Å². The Morgan fingerprint density at radius 3 is 2.56 bits per heavy atom. The maximum absolute atomic E-state index is 13.3. The number of rotatable bonds is 11. The van der Waals surface area contributed by atoms with Crippen LogP contribution in [0.4, 0.5) is 5.13 Å². The van der Waals surface area contributed by atoms with Crippen LogP contribution in [0.5, 0.6) is 0 Å². The molecule has 1 N–H and O–H groups in total. The summed E-state index contributed by atoms with van der Waals surface area (Å²) in [6.45, 7) is 6.73. The Hall–Kier alpha value is -2.43. The second-order valence-corrected chi connectivity index (χ2v) is 16.0. The smallest absolute Gasteiger partial charge is 0.280 e. The molecule has 15 heteroatoms. The quantitative estimate of drug-likeness (QED) is 0.293. The minimum atomic E-state index is -3.36. The van der Waals surface area contributed by atoms with Gasteiger partial charge >= 0.3 is 0 Å². The molecule has 1 saturated carbocycles. The van der Waals surface area contributed by atoms with Crippen LogP contribution in [0.2, 0.25) is 0 Å². The molecule has 5 rings (SSSR count). The van der Waals surface area contributed by atoms with Gasteiger partial charge in [-0.05, 0) is 38.8 Å². The summed E-state index contributed by atoms with van der Waals surface area (Å²) in [6.07, 6.45) is 3.42. The third-order valence-corrected chi connectivity index (χ3v) is 12.5. The molecule has 3 heterocycles. The molecule has 41 heavy (non-hydrogen) atoms. The average molecular weight is 626 g/mol. The van der Waals surface area contributed by atoms with Crippen LogP contribution in [0.25, 0.3) is 0 Å². The molecule has 12 nitrogen and oxygen atoms in total. The Labute approximate surface area is 244 Å². The van der Waals surface area contributed by atoms with Gasteiger partial charge < -0.3 is 9.57 Å². The zero-order valence-electron chi connectivity index (χ0n) is 23.1. The number of hydrogen-bond donors (Lipinski definition) is 1. The van der Waals surface area contributed by atoms with Crippen LogP contribution < -0.4 is 5.32 Å². The Morgan fingerprint density at radius 2 is 1.93 bits per heavy atom. The van der Waals surface area contributed by atoms with E-state index in [0.29, 0.717) is 69.4 Å². The van der Waals surface area contributed by atoms with Crippen molar-refractivity contribution in [2.24, 2.45) is 5.16 Å². The lowest BCUT2D eigenvalue weighted by atomic mass is 10.1. The van der Waals surface area contributed by atoms with E-state index >= 15 is 0 Å². The summed E-state index contributed by atoms with van der Waals surface area (Å²) in [5.41, 5.74) is 0.424. The van der Waals surface area contributed by atoms with Crippen LogP contribution in [0.3, 0.4) is 0 Å². The van der Waals surface area contributed by atoms with Crippen molar-refractivity contribution < 1.29 is 31.2 Å². The number of piperazine rings is 1. The second kappa shape index (κ2) is 12.4. The summed E-state index contributed by atoms with van der Waals surface area (Å²) in [5, 5.41) is 6.99. The first-order valence-corrected chi connectivity index (χ1v) is 17.7. The van der Waals surface area contributed by atoms with Crippen molar-refractivity contribution in [3.63, 3.8) is 0 Å². The second-order valence-electron chi connectivity index (χ2n) is 10.5. The lowest BCUT2D eigenvalue weighted by Gasteiger charge is -2.38. The number of aromatic nitrogens is 1. The fourth-order valence-corrected chi connectivity index (χ4v) is 8.69. The van der Waals surface area contributed by atoms with Crippen molar-refractivity contribution in [1.82, 2.24) is 14.2 Å². The summed E-state index contributed by atoms with van der Waals surface area (Å²) in [7, 11) is -6.60. The topological polar surface area (TPSA) is 148 Å². The molecule has 2 atom stereocenters. The third kappa shape index (κ3) is 7.14. The number of benzene rings is 1. The van der Waals surface area contributed by atoms with Gasteiger partial charge in [-0.1, -0.05) is 17.3 Å². The highest BCUT2D eigenvalue weighted by molar-refractivity contribution is 7.92. The monoisotopic (exact) mass is 625 g/mol. The molecule has 3 aliphatic rings. The van der Waals surface area contributed by atoms with Gasteiger partial charge in [0.1, 0.15) is 0 Å². The Morgan fingerprint density at radius 1 is 1.17 bits per heavy atom. The SMILES string of the molecule is CCS(=O)(=O)N1CCN(Cc2cnc(NC(=O)C(=NO[C@@H]3CCOC3)c3ccc(S(=O)(=O)C4CC4)cc3)s2)C[C@@H]1C. The minimum absolute atomic E-state index is 0.00565. The highest BCUT2D eigenvalue weighted by atomic mass is 32.2. The Kier molecular flexibility index (Phi) is 9.11. The molecule has 224 valence electrons. The molecule has 1 aromatic carbocycles. The van der Waals surface area contributed by atoms with E-state index in [-0.39, 0.29) is 33.8 Å². The predicted octanol–water partition coefficient (Wildman–Crippen LogP) is 2.08. The van der Waals surface area contributed by atoms with E-state index < -0.39 is 25.8 Å². The summed E-state index contributed by atoms with van der Waals surface area (Å²) >= 11 is 1.33. The van der Waals surface area contributed by atoms with Crippen LogP contribution >= 0.6 is 11.3 Å². The number of ether oxygens (including phenoxy) is 1. The van der Waals surface area contributed by atoms with Gasteiger partial charge in [-0.25, -0.2) is 21.8 Å². The van der Waals surface area contributed by atoms with E-state index in [0.717, 1.165) is 4.88 Å². The molecule has 2 aromatic rings. The highest BCUT2D eigenvalue weighted by Crippen LogP contribution is 2.33. The zero-order chi connectivity index (χ0) is 29.2. The number of nitrogens with one attached hydrogen (secondary N) is 1. The van der Waals surface area contributed by atoms with Gasteiger partial charge in [0.15, 0.2) is 26.8 Å². The zero-order valence-corrected chi connectivity index (χ0v) is 25.5. The molecule has 0 unspecified atom stereocenters. The van der Waals surface area contributed by atoms with E-state index in [1.807, 2.05) is 6.92 Å². The van der Waals surface area contributed by atoms with Crippen molar-refractivity contribution in [1.29, 1.82) is 0 Å². The van der Waals surface area contributed by atoms with Crippen LogP contribution in [0.1, 0.15) is 43.6 Å². The number of amides is 1. The lowest BCUT2D eigenvalue weighted by Crippen LogP contribution is -2.53. The first-order valence-electron chi connectivity index (χ1n) is 13.7. The number of oxime groups is 1. The molecule has 3 fully saturated rings. The largest absolute Gasteiger partial charge is 0.389 e. The number of nitrogens with zero attached hydrogens (tertiary/aromatic N) is 4. The fraction of sp³-hybridized carbons (Fsp3) is 0.577. The molecule has 2 aliphatic heterocycles.